The van der Waals surface area contributed by atoms with Gasteiger partial charge in [-0.2, -0.15) is 11.8 Å². The van der Waals surface area contributed by atoms with Crippen LogP contribution in [-0.4, -0.2) is 30.5 Å². The molecule has 0 aliphatic rings. The molecule has 1 amide bonds. The van der Waals surface area contributed by atoms with Gasteiger partial charge in [0, 0.05) is 18.2 Å². The van der Waals surface area contributed by atoms with Crippen LogP contribution in [0.15, 0.2) is 0 Å². The molecule has 0 heterocycles. The minimum atomic E-state index is 0.166. The van der Waals surface area contributed by atoms with Crippen molar-refractivity contribution in [2.75, 3.05) is 19.3 Å². The van der Waals surface area contributed by atoms with Crippen LogP contribution >= 0.6 is 11.8 Å². The average molecular weight is 232 g/mol. The van der Waals surface area contributed by atoms with Gasteiger partial charge < -0.3 is 11.1 Å². The number of hydrogen-bond donors (Lipinski definition) is 2. The van der Waals surface area contributed by atoms with Crippen molar-refractivity contribution in [3.05, 3.63) is 0 Å². The molecule has 0 aromatic rings. The van der Waals surface area contributed by atoms with Gasteiger partial charge in [-0.25, -0.2) is 0 Å². The van der Waals surface area contributed by atoms with Crippen molar-refractivity contribution in [2.24, 2.45) is 11.7 Å². The van der Waals surface area contributed by atoms with Gasteiger partial charge >= 0.3 is 0 Å². The molecule has 0 saturated heterocycles. The first-order chi connectivity index (χ1) is 7.10. The number of carbonyl (C=O) groups excluding carboxylic acids is 1. The van der Waals surface area contributed by atoms with E-state index in [1.54, 1.807) is 11.8 Å². The van der Waals surface area contributed by atoms with Gasteiger partial charge in [-0.05, 0) is 31.6 Å². The van der Waals surface area contributed by atoms with E-state index >= 15 is 0 Å². The van der Waals surface area contributed by atoms with E-state index in [0.717, 1.165) is 19.4 Å². The van der Waals surface area contributed by atoms with Crippen LogP contribution in [0.4, 0.5) is 0 Å². The zero-order valence-corrected chi connectivity index (χ0v) is 10.9. The van der Waals surface area contributed by atoms with Gasteiger partial charge in [0.25, 0.3) is 0 Å². The summed E-state index contributed by atoms with van der Waals surface area (Å²) in [6.45, 7) is 5.74. The first-order valence-electron chi connectivity index (χ1n) is 5.59. The molecule has 0 radical (unpaired) electrons. The lowest BCUT2D eigenvalue weighted by Gasteiger charge is -2.12. The van der Waals surface area contributed by atoms with Crippen LogP contribution in [0.2, 0.25) is 0 Å². The fourth-order valence-electron chi connectivity index (χ4n) is 1.24. The Labute approximate surface area is 97.6 Å². The van der Waals surface area contributed by atoms with E-state index in [-0.39, 0.29) is 5.91 Å². The second-order valence-corrected chi connectivity index (χ2v) is 5.35. The number of hydrogen-bond acceptors (Lipinski definition) is 3. The van der Waals surface area contributed by atoms with Crippen molar-refractivity contribution in [1.29, 1.82) is 0 Å². The maximum atomic E-state index is 11.4. The SMILES string of the molecule is CSC(C)CNC(=O)CCC(C)CCN. The Morgan fingerprint density at radius 1 is 1.40 bits per heavy atom. The summed E-state index contributed by atoms with van der Waals surface area (Å²) in [6, 6.07) is 0. The van der Waals surface area contributed by atoms with Crippen LogP contribution < -0.4 is 11.1 Å². The minimum absolute atomic E-state index is 0.166. The predicted octanol–water partition coefficient (Wildman–Crippen LogP) is 1.62. The minimum Gasteiger partial charge on any atom is -0.355 e. The average Bonchev–Trinajstić information content (AvgIpc) is 2.23. The molecule has 4 heteroatoms. The Balaban J connectivity index is 3.48. The normalized spacial score (nSPS) is 14.7. The fourth-order valence-corrected chi connectivity index (χ4v) is 1.49. The number of carbonyl (C=O) groups is 1. The van der Waals surface area contributed by atoms with Crippen LogP contribution in [-0.2, 0) is 4.79 Å². The monoisotopic (exact) mass is 232 g/mol. The molecule has 0 aliphatic carbocycles. The molecule has 0 spiro atoms. The van der Waals surface area contributed by atoms with Crippen LogP contribution in [0.3, 0.4) is 0 Å². The van der Waals surface area contributed by atoms with E-state index in [2.05, 4.69) is 25.4 Å². The molecule has 3 N–H and O–H groups in total. The maximum absolute atomic E-state index is 11.4. The zero-order chi connectivity index (χ0) is 11.7. The van der Waals surface area contributed by atoms with Crippen molar-refractivity contribution in [3.8, 4) is 0 Å². The van der Waals surface area contributed by atoms with Crippen molar-refractivity contribution in [2.45, 2.75) is 38.4 Å². The third-order valence-corrected chi connectivity index (χ3v) is 3.48. The largest absolute Gasteiger partial charge is 0.355 e. The molecule has 0 aromatic heterocycles. The van der Waals surface area contributed by atoms with E-state index in [1.165, 1.54) is 0 Å². The maximum Gasteiger partial charge on any atom is 0.220 e. The number of nitrogens with two attached hydrogens (primary N) is 1. The summed E-state index contributed by atoms with van der Waals surface area (Å²) in [5, 5.41) is 3.44. The topological polar surface area (TPSA) is 55.1 Å². The molecule has 0 aromatic carbocycles. The molecule has 0 fully saturated rings. The van der Waals surface area contributed by atoms with Crippen molar-refractivity contribution in [1.82, 2.24) is 5.32 Å². The summed E-state index contributed by atoms with van der Waals surface area (Å²) in [6.07, 6.45) is 4.63. The number of rotatable bonds is 8. The van der Waals surface area contributed by atoms with E-state index in [4.69, 9.17) is 5.73 Å². The Morgan fingerprint density at radius 3 is 2.60 bits per heavy atom. The molecule has 15 heavy (non-hydrogen) atoms. The number of amides is 1. The first-order valence-corrected chi connectivity index (χ1v) is 6.88. The molecule has 0 aliphatic heterocycles. The molecular formula is C11H24N2OS. The van der Waals surface area contributed by atoms with E-state index < -0.39 is 0 Å². The second-order valence-electron chi connectivity index (χ2n) is 4.07. The molecule has 2 unspecified atom stereocenters. The Bertz CT molecular complexity index is 176. The lowest BCUT2D eigenvalue weighted by molar-refractivity contribution is -0.121. The lowest BCUT2D eigenvalue weighted by atomic mass is 10.0. The summed E-state index contributed by atoms with van der Waals surface area (Å²) in [5.74, 6) is 0.721. The second kappa shape index (κ2) is 9.04. The van der Waals surface area contributed by atoms with Gasteiger partial charge in [0.2, 0.25) is 5.91 Å². The molecule has 0 saturated carbocycles. The predicted molar refractivity (Wildman–Crippen MR) is 68.1 cm³/mol. The van der Waals surface area contributed by atoms with Crippen molar-refractivity contribution in [3.63, 3.8) is 0 Å². The molecule has 0 rings (SSSR count). The summed E-state index contributed by atoms with van der Waals surface area (Å²) >= 11 is 1.77. The van der Waals surface area contributed by atoms with E-state index in [9.17, 15) is 4.79 Å². The summed E-state index contributed by atoms with van der Waals surface area (Å²) in [7, 11) is 0. The summed E-state index contributed by atoms with van der Waals surface area (Å²) < 4.78 is 0. The van der Waals surface area contributed by atoms with Crippen LogP contribution in [0.1, 0.15) is 33.1 Å². The highest BCUT2D eigenvalue weighted by molar-refractivity contribution is 7.99. The molecule has 2 atom stereocenters. The first kappa shape index (κ1) is 14.8. The summed E-state index contributed by atoms with van der Waals surface area (Å²) in [4.78, 5) is 11.4. The van der Waals surface area contributed by atoms with Crippen LogP contribution in [0.25, 0.3) is 0 Å². The number of nitrogens with one attached hydrogen (secondary N) is 1. The quantitative estimate of drug-likeness (QED) is 0.668. The Hall–Kier alpha value is -0.220. The molecule has 90 valence electrons. The van der Waals surface area contributed by atoms with Crippen molar-refractivity contribution < 1.29 is 4.79 Å². The highest BCUT2D eigenvalue weighted by Crippen LogP contribution is 2.09. The fraction of sp³-hybridized carbons (Fsp3) is 0.909. The van der Waals surface area contributed by atoms with Crippen LogP contribution in [0.5, 0.6) is 0 Å². The van der Waals surface area contributed by atoms with Gasteiger partial charge in [-0.15, -0.1) is 0 Å². The molecule has 3 nitrogen and oxygen atoms in total. The van der Waals surface area contributed by atoms with Gasteiger partial charge in [0.05, 0.1) is 0 Å². The smallest absolute Gasteiger partial charge is 0.220 e. The highest BCUT2D eigenvalue weighted by Gasteiger charge is 2.07. The van der Waals surface area contributed by atoms with Gasteiger partial charge in [-0.1, -0.05) is 13.8 Å². The van der Waals surface area contributed by atoms with Crippen molar-refractivity contribution >= 4 is 17.7 Å². The van der Waals surface area contributed by atoms with Crippen LogP contribution in [0, 0.1) is 5.92 Å². The van der Waals surface area contributed by atoms with E-state index in [0.29, 0.717) is 24.1 Å². The third kappa shape index (κ3) is 8.75. The summed E-state index contributed by atoms with van der Waals surface area (Å²) in [5.41, 5.74) is 5.45. The standard InChI is InChI=1S/C11H24N2OS/c1-9(6-7-12)4-5-11(14)13-8-10(2)15-3/h9-10H,4-8,12H2,1-3H3,(H,13,14). The zero-order valence-electron chi connectivity index (χ0n) is 10.1. The van der Waals surface area contributed by atoms with Gasteiger partial charge in [-0.3, -0.25) is 4.79 Å². The Morgan fingerprint density at radius 2 is 2.07 bits per heavy atom. The molecular weight excluding hydrogens is 208 g/mol. The highest BCUT2D eigenvalue weighted by atomic mass is 32.2. The van der Waals surface area contributed by atoms with Gasteiger partial charge in [0.15, 0.2) is 0 Å². The number of thioether (sulfide) groups is 1. The third-order valence-electron chi connectivity index (χ3n) is 2.51. The molecule has 0 bridgehead atoms. The van der Waals surface area contributed by atoms with Gasteiger partial charge in [0.1, 0.15) is 0 Å². The Kier molecular flexibility index (Phi) is 8.91. The van der Waals surface area contributed by atoms with E-state index in [1.807, 2.05) is 0 Å². The lowest BCUT2D eigenvalue weighted by Crippen LogP contribution is -2.29.